The molecule has 3 aromatic rings. The summed E-state index contributed by atoms with van der Waals surface area (Å²) in [5, 5.41) is 10.4. The van der Waals surface area contributed by atoms with E-state index in [2.05, 4.69) is 21.2 Å². The summed E-state index contributed by atoms with van der Waals surface area (Å²) in [7, 11) is 5.67. The third kappa shape index (κ3) is 3.99. The Morgan fingerprint density at radius 3 is 2.36 bits per heavy atom. The molecule has 6 heteroatoms. The van der Waals surface area contributed by atoms with Crippen molar-refractivity contribution in [3.63, 3.8) is 0 Å². The lowest BCUT2D eigenvalue weighted by atomic mass is 9.96. The number of aromatic amines is 1. The van der Waals surface area contributed by atoms with Crippen molar-refractivity contribution in [1.29, 1.82) is 0 Å². The number of carbonyl (C=O) groups excluding carboxylic acids is 1. The number of aromatic nitrogens is 2. The van der Waals surface area contributed by atoms with Crippen LogP contribution in [0.15, 0.2) is 60.8 Å². The van der Waals surface area contributed by atoms with Crippen molar-refractivity contribution in [3.05, 3.63) is 60.8 Å². The number of rotatable bonds is 3. The van der Waals surface area contributed by atoms with Crippen LogP contribution in [0, 0.1) is 0 Å². The fraction of sp³-hybridized carbons (Fsp3) is 0. The zero-order valence-electron chi connectivity index (χ0n) is 11.9. The molecule has 0 aliphatic carbocycles. The second kappa shape index (κ2) is 7.68. The Bertz CT molecular complexity index is 711. The van der Waals surface area contributed by atoms with Crippen molar-refractivity contribution in [1.82, 2.24) is 10.2 Å². The predicted molar refractivity (Wildman–Crippen MR) is 89.4 cm³/mol. The summed E-state index contributed by atoms with van der Waals surface area (Å²) in [6.45, 7) is 0. The number of hydrogen-bond acceptors (Lipinski definition) is 3. The molecule has 0 bridgehead atoms. The molecule has 1 amide bonds. The lowest BCUT2D eigenvalue weighted by Gasteiger charge is -2.07. The number of hydrogen-bond donors (Lipinski definition) is 3. The van der Waals surface area contributed by atoms with Gasteiger partial charge in [0.1, 0.15) is 7.85 Å². The van der Waals surface area contributed by atoms with E-state index in [4.69, 9.17) is 12.6 Å². The molecule has 2 aromatic carbocycles. The van der Waals surface area contributed by atoms with Crippen LogP contribution in [0.3, 0.4) is 0 Å². The van der Waals surface area contributed by atoms with Crippen LogP contribution in [0.1, 0.15) is 0 Å². The molecule has 0 atom stereocenters. The molecule has 1 heterocycles. The van der Waals surface area contributed by atoms with Crippen molar-refractivity contribution >= 4 is 31.1 Å². The first-order valence-electron chi connectivity index (χ1n) is 6.61. The number of carbonyl (C=O) groups is 1. The molecule has 4 N–H and O–H groups in total. The van der Waals surface area contributed by atoms with Crippen LogP contribution in [0.25, 0.3) is 11.3 Å². The minimum absolute atomic E-state index is 0.250. The van der Waals surface area contributed by atoms with Crippen molar-refractivity contribution in [2.45, 2.75) is 0 Å². The summed E-state index contributed by atoms with van der Waals surface area (Å²) in [5.74, 6) is 0. The molecule has 0 fully saturated rings. The monoisotopic (exact) mass is 290 g/mol. The maximum atomic E-state index is 8.58. The number of primary amides is 1. The van der Waals surface area contributed by atoms with Crippen molar-refractivity contribution in [2.75, 3.05) is 5.32 Å². The van der Waals surface area contributed by atoms with E-state index >= 15 is 0 Å². The first kappa shape index (κ1) is 15.4. The lowest BCUT2D eigenvalue weighted by Crippen LogP contribution is -2.00. The largest absolute Gasteiger partial charge is 0.372 e. The van der Waals surface area contributed by atoms with E-state index in [9.17, 15) is 0 Å². The summed E-state index contributed by atoms with van der Waals surface area (Å²) in [6.07, 6.45) is 2.03. The van der Waals surface area contributed by atoms with Gasteiger partial charge in [-0.3, -0.25) is 9.89 Å². The van der Waals surface area contributed by atoms with Crippen LogP contribution in [-0.4, -0.2) is 24.5 Å². The van der Waals surface area contributed by atoms with Crippen LogP contribution in [0.4, 0.5) is 11.4 Å². The molecule has 0 saturated heterocycles. The Balaban J connectivity index is 0.000000545. The summed E-state index contributed by atoms with van der Waals surface area (Å²) in [6, 6.07) is 17.7. The molecule has 0 unspecified atom stereocenters. The van der Waals surface area contributed by atoms with Crippen LogP contribution in [0.5, 0.6) is 0 Å². The van der Waals surface area contributed by atoms with E-state index in [0.717, 1.165) is 28.1 Å². The molecule has 3 rings (SSSR count). The highest BCUT2D eigenvalue weighted by Crippen LogP contribution is 2.27. The van der Waals surface area contributed by atoms with E-state index in [1.165, 1.54) is 0 Å². The standard InChI is InChI=1S/C15H12BN3.CH3NO/c16-12-6-8-13(9-7-12)18-14-10-17-19-15(14)11-4-2-1-3-5-11;2-1-3/h1-10,18H,(H,17,19);1H,(H2,2,3). The Morgan fingerprint density at radius 1 is 1.09 bits per heavy atom. The van der Waals surface area contributed by atoms with E-state index < -0.39 is 0 Å². The molecule has 5 nitrogen and oxygen atoms in total. The topological polar surface area (TPSA) is 83.8 Å². The third-order valence-corrected chi connectivity index (χ3v) is 2.89. The van der Waals surface area contributed by atoms with Crippen LogP contribution < -0.4 is 16.5 Å². The average Bonchev–Trinajstić information content (AvgIpc) is 2.99. The summed E-state index contributed by atoms with van der Waals surface area (Å²) in [4.78, 5) is 8.58. The van der Waals surface area contributed by atoms with Gasteiger partial charge in [0.2, 0.25) is 6.41 Å². The zero-order valence-corrected chi connectivity index (χ0v) is 11.9. The predicted octanol–water partition coefficient (Wildman–Crippen LogP) is 1.72. The molecule has 0 aliphatic rings. The number of nitrogens with one attached hydrogen (secondary N) is 2. The fourth-order valence-electron chi connectivity index (χ4n) is 1.93. The van der Waals surface area contributed by atoms with E-state index in [0.29, 0.717) is 0 Å². The van der Waals surface area contributed by atoms with Crippen molar-refractivity contribution < 1.29 is 4.79 Å². The first-order chi connectivity index (χ1) is 10.7. The lowest BCUT2D eigenvalue weighted by molar-refractivity contribution is -0.106. The van der Waals surface area contributed by atoms with Gasteiger partial charge in [-0.15, -0.1) is 0 Å². The number of amides is 1. The maximum absolute atomic E-state index is 8.58. The minimum atomic E-state index is 0.250. The fourth-order valence-corrected chi connectivity index (χ4v) is 1.93. The van der Waals surface area contributed by atoms with E-state index in [-0.39, 0.29) is 6.41 Å². The summed E-state index contributed by atoms with van der Waals surface area (Å²) >= 11 is 0. The highest BCUT2D eigenvalue weighted by Gasteiger charge is 2.07. The Labute approximate surface area is 130 Å². The molecule has 0 spiro atoms. The van der Waals surface area contributed by atoms with E-state index in [1.54, 1.807) is 6.20 Å². The van der Waals surface area contributed by atoms with Gasteiger partial charge in [-0.2, -0.15) is 5.10 Å². The second-order valence-corrected chi connectivity index (χ2v) is 4.41. The zero-order chi connectivity index (χ0) is 15.8. The molecule has 108 valence electrons. The molecule has 0 saturated carbocycles. The normalized spacial score (nSPS) is 9.45. The number of anilines is 2. The Kier molecular flexibility index (Phi) is 5.37. The quantitative estimate of drug-likeness (QED) is 0.507. The molecular formula is C16H15BN4O. The van der Waals surface area contributed by atoms with Gasteiger partial charge < -0.3 is 11.1 Å². The maximum Gasteiger partial charge on any atom is 0.204 e. The average molecular weight is 290 g/mol. The van der Waals surface area contributed by atoms with Crippen LogP contribution >= 0.6 is 0 Å². The van der Waals surface area contributed by atoms with Gasteiger partial charge in [-0.1, -0.05) is 47.9 Å². The molecule has 0 aliphatic heterocycles. The minimum Gasteiger partial charge on any atom is -0.372 e. The number of nitrogens with zero attached hydrogens (tertiary/aromatic N) is 1. The van der Waals surface area contributed by atoms with E-state index in [1.807, 2.05) is 54.6 Å². The Hall–Kier alpha value is -3.02. The number of benzene rings is 2. The van der Waals surface area contributed by atoms with Gasteiger partial charge in [0, 0.05) is 11.3 Å². The van der Waals surface area contributed by atoms with Gasteiger partial charge >= 0.3 is 0 Å². The molecule has 22 heavy (non-hydrogen) atoms. The molecule has 2 radical (unpaired) electrons. The number of H-pyrrole nitrogens is 1. The van der Waals surface area contributed by atoms with Gasteiger partial charge in [-0.05, 0) is 12.1 Å². The smallest absolute Gasteiger partial charge is 0.204 e. The van der Waals surface area contributed by atoms with Crippen molar-refractivity contribution in [3.8, 4) is 11.3 Å². The summed E-state index contributed by atoms with van der Waals surface area (Å²) < 4.78 is 0. The van der Waals surface area contributed by atoms with Crippen LogP contribution in [0.2, 0.25) is 0 Å². The molecular weight excluding hydrogens is 275 g/mol. The molecule has 1 aromatic heterocycles. The first-order valence-corrected chi connectivity index (χ1v) is 6.61. The number of nitrogens with two attached hydrogens (primary N) is 1. The highest BCUT2D eigenvalue weighted by molar-refractivity contribution is 6.32. The SMILES string of the molecule is NC=O.[B]c1ccc(Nc2cn[nH]c2-c2ccccc2)cc1. The second-order valence-electron chi connectivity index (χ2n) is 4.41. The van der Waals surface area contributed by atoms with Gasteiger partial charge in [-0.25, -0.2) is 0 Å². The van der Waals surface area contributed by atoms with Crippen molar-refractivity contribution in [2.24, 2.45) is 5.73 Å². The third-order valence-electron chi connectivity index (χ3n) is 2.89. The van der Waals surface area contributed by atoms with Gasteiger partial charge in [0.05, 0.1) is 17.6 Å². The highest BCUT2D eigenvalue weighted by atomic mass is 16.1. The summed E-state index contributed by atoms with van der Waals surface area (Å²) in [5.41, 5.74) is 8.90. The van der Waals surface area contributed by atoms with Gasteiger partial charge in [0.25, 0.3) is 0 Å². The Morgan fingerprint density at radius 2 is 1.73 bits per heavy atom. The van der Waals surface area contributed by atoms with Gasteiger partial charge in [0.15, 0.2) is 0 Å². The van der Waals surface area contributed by atoms with Crippen LogP contribution in [-0.2, 0) is 4.79 Å².